The third-order valence-corrected chi connectivity index (χ3v) is 4.14. The van der Waals surface area contributed by atoms with Crippen LogP contribution < -0.4 is 4.74 Å². The topological polar surface area (TPSA) is 59.4 Å². The summed E-state index contributed by atoms with van der Waals surface area (Å²) < 4.78 is 5.07. The van der Waals surface area contributed by atoms with Crippen molar-refractivity contribution in [2.24, 2.45) is 0 Å². The summed E-state index contributed by atoms with van der Waals surface area (Å²) in [6.45, 7) is 0. The predicted molar refractivity (Wildman–Crippen MR) is 86.5 cm³/mol. The van der Waals surface area contributed by atoms with Gasteiger partial charge >= 0.3 is 5.97 Å². The standard InChI is InChI=1S/C17H13NO3S/c1-21-15-8-7-12(9-13(15)17(19)20)14-10-22-16(18-14)11-5-3-2-4-6-11/h2-10H,1H3,(H,19,20). The van der Waals surface area contributed by atoms with Gasteiger partial charge in [0.05, 0.1) is 12.8 Å². The number of aromatic carboxylic acids is 1. The molecule has 5 heteroatoms. The molecule has 4 nitrogen and oxygen atoms in total. The van der Waals surface area contributed by atoms with Gasteiger partial charge in [0.1, 0.15) is 16.3 Å². The lowest BCUT2D eigenvalue weighted by Gasteiger charge is -2.06. The predicted octanol–water partition coefficient (Wildman–Crippen LogP) is 4.18. The molecule has 22 heavy (non-hydrogen) atoms. The Balaban J connectivity index is 2.00. The lowest BCUT2D eigenvalue weighted by Crippen LogP contribution is -2.00. The van der Waals surface area contributed by atoms with Gasteiger partial charge in [-0.25, -0.2) is 9.78 Å². The molecule has 3 aromatic rings. The molecule has 0 fully saturated rings. The van der Waals surface area contributed by atoms with Crippen LogP contribution in [-0.2, 0) is 0 Å². The minimum atomic E-state index is -1.02. The van der Waals surface area contributed by atoms with E-state index in [0.29, 0.717) is 5.75 Å². The minimum absolute atomic E-state index is 0.134. The fourth-order valence-corrected chi connectivity index (χ4v) is 2.99. The van der Waals surface area contributed by atoms with Crippen LogP contribution in [-0.4, -0.2) is 23.2 Å². The SMILES string of the molecule is COc1ccc(-c2csc(-c3ccccc3)n2)cc1C(=O)O. The van der Waals surface area contributed by atoms with E-state index in [2.05, 4.69) is 4.98 Å². The first-order valence-corrected chi connectivity index (χ1v) is 7.49. The van der Waals surface area contributed by atoms with E-state index in [1.807, 2.05) is 41.8 Å². The molecule has 0 radical (unpaired) electrons. The van der Waals surface area contributed by atoms with Gasteiger partial charge in [0.2, 0.25) is 0 Å². The molecule has 0 spiro atoms. The van der Waals surface area contributed by atoms with E-state index in [0.717, 1.165) is 21.8 Å². The molecule has 110 valence electrons. The number of hydrogen-bond donors (Lipinski definition) is 1. The van der Waals surface area contributed by atoms with E-state index in [9.17, 15) is 9.90 Å². The van der Waals surface area contributed by atoms with Gasteiger partial charge in [-0.1, -0.05) is 30.3 Å². The Labute approximate surface area is 131 Å². The number of carboxylic acids is 1. The van der Waals surface area contributed by atoms with E-state index in [1.54, 1.807) is 12.1 Å². The van der Waals surface area contributed by atoms with Crippen LogP contribution in [0.2, 0.25) is 0 Å². The summed E-state index contributed by atoms with van der Waals surface area (Å²) >= 11 is 1.53. The van der Waals surface area contributed by atoms with Crippen molar-refractivity contribution in [3.8, 4) is 27.6 Å². The van der Waals surface area contributed by atoms with Crippen molar-refractivity contribution in [3.63, 3.8) is 0 Å². The van der Waals surface area contributed by atoms with Gasteiger partial charge < -0.3 is 9.84 Å². The van der Waals surface area contributed by atoms with Crippen LogP contribution in [0.15, 0.2) is 53.9 Å². The second-order valence-electron chi connectivity index (χ2n) is 4.62. The number of nitrogens with zero attached hydrogens (tertiary/aromatic N) is 1. The van der Waals surface area contributed by atoms with Crippen molar-refractivity contribution < 1.29 is 14.6 Å². The van der Waals surface area contributed by atoms with Crippen molar-refractivity contribution in [2.75, 3.05) is 7.11 Å². The summed E-state index contributed by atoms with van der Waals surface area (Å²) in [5, 5.41) is 12.1. The van der Waals surface area contributed by atoms with E-state index in [1.165, 1.54) is 18.4 Å². The van der Waals surface area contributed by atoms with Gasteiger partial charge in [-0.2, -0.15) is 0 Å². The van der Waals surface area contributed by atoms with Crippen LogP contribution in [0.3, 0.4) is 0 Å². The Morgan fingerprint density at radius 2 is 1.91 bits per heavy atom. The number of aromatic nitrogens is 1. The average molecular weight is 311 g/mol. The highest BCUT2D eigenvalue weighted by atomic mass is 32.1. The average Bonchev–Trinajstić information content (AvgIpc) is 3.05. The molecule has 1 N–H and O–H groups in total. The van der Waals surface area contributed by atoms with Gasteiger partial charge in [0.15, 0.2) is 0 Å². The van der Waals surface area contributed by atoms with Gasteiger partial charge in [-0.3, -0.25) is 0 Å². The number of benzene rings is 2. The maximum atomic E-state index is 11.3. The summed E-state index contributed by atoms with van der Waals surface area (Å²) in [5.41, 5.74) is 2.70. The summed E-state index contributed by atoms with van der Waals surface area (Å²) in [7, 11) is 1.46. The van der Waals surface area contributed by atoms with E-state index in [4.69, 9.17) is 4.74 Å². The monoisotopic (exact) mass is 311 g/mol. The molecule has 0 bridgehead atoms. The highest BCUT2D eigenvalue weighted by molar-refractivity contribution is 7.13. The van der Waals surface area contributed by atoms with Crippen molar-refractivity contribution in [1.82, 2.24) is 4.98 Å². The number of rotatable bonds is 4. The van der Waals surface area contributed by atoms with Crippen molar-refractivity contribution in [3.05, 3.63) is 59.5 Å². The number of thiazole rings is 1. The molecule has 0 aliphatic rings. The lowest BCUT2D eigenvalue weighted by molar-refractivity contribution is 0.0693. The quantitative estimate of drug-likeness (QED) is 0.785. The van der Waals surface area contributed by atoms with Crippen LogP contribution in [0, 0.1) is 0 Å². The van der Waals surface area contributed by atoms with E-state index in [-0.39, 0.29) is 5.56 Å². The molecular weight excluding hydrogens is 298 g/mol. The van der Waals surface area contributed by atoms with Crippen LogP contribution in [0.5, 0.6) is 5.75 Å². The highest BCUT2D eigenvalue weighted by Gasteiger charge is 2.14. The molecule has 0 aliphatic carbocycles. The largest absolute Gasteiger partial charge is 0.496 e. The zero-order chi connectivity index (χ0) is 15.5. The first-order valence-electron chi connectivity index (χ1n) is 6.61. The number of carboxylic acid groups (broad SMARTS) is 1. The maximum Gasteiger partial charge on any atom is 0.339 e. The van der Waals surface area contributed by atoms with E-state index < -0.39 is 5.97 Å². The van der Waals surface area contributed by atoms with Gasteiger partial charge in [-0.15, -0.1) is 11.3 Å². The lowest BCUT2D eigenvalue weighted by atomic mass is 10.1. The Morgan fingerprint density at radius 1 is 1.14 bits per heavy atom. The van der Waals surface area contributed by atoms with Crippen LogP contribution >= 0.6 is 11.3 Å². The maximum absolute atomic E-state index is 11.3. The summed E-state index contributed by atoms with van der Waals surface area (Å²) in [6, 6.07) is 14.9. The smallest absolute Gasteiger partial charge is 0.339 e. The molecule has 0 atom stereocenters. The zero-order valence-electron chi connectivity index (χ0n) is 11.8. The fourth-order valence-electron chi connectivity index (χ4n) is 2.15. The van der Waals surface area contributed by atoms with Crippen molar-refractivity contribution in [2.45, 2.75) is 0 Å². The number of hydrogen-bond acceptors (Lipinski definition) is 4. The molecule has 2 aromatic carbocycles. The van der Waals surface area contributed by atoms with Crippen molar-refractivity contribution >= 4 is 17.3 Å². The zero-order valence-corrected chi connectivity index (χ0v) is 12.6. The van der Waals surface area contributed by atoms with Gasteiger partial charge in [-0.05, 0) is 18.2 Å². The molecular formula is C17H13NO3S. The summed E-state index contributed by atoms with van der Waals surface area (Å²) in [6.07, 6.45) is 0. The Morgan fingerprint density at radius 3 is 2.59 bits per heavy atom. The molecule has 0 saturated heterocycles. The molecule has 0 amide bonds. The second-order valence-corrected chi connectivity index (χ2v) is 5.48. The normalized spacial score (nSPS) is 10.4. The number of ether oxygens (including phenoxy) is 1. The van der Waals surface area contributed by atoms with Crippen LogP contribution in [0.1, 0.15) is 10.4 Å². The van der Waals surface area contributed by atoms with E-state index >= 15 is 0 Å². The summed E-state index contributed by atoms with van der Waals surface area (Å²) in [5.74, 6) is -0.674. The third kappa shape index (κ3) is 2.71. The van der Waals surface area contributed by atoms with Crippen LogP contribution in [0.25, 0.3) is 21.8 Å². The second kappa shape index (κ2) is 5.99. The Kier molecular flexibility index (Phi) is 3.89. The molecule has 0 saturated carbocycles. The Bertz CT molecular complexity index is 812. The van der Waals surface area contributed by atoms with Crippen molar-refractivity contribution in [1.29, 1.82) is 0 Å². The first-order chi connectivity index (χ1) is 10.7. The number of methoxy groups -OCH3 is 1. The fraction of sp³-hybridized carbons (Fsp3) is 0.0588. The van der Waals surface area contributed by atoms with Crippen LogP contribution in [0.4, 0.5) is 0 Å². The van der Waals surface area contributed by atoms with Gasteiger partial charge in [0.25, 0.3) is 0 Å². The summed E-state index contributed by atoms with van der Waals surface area (Å²) in [4.78, 5) is 15.9. The van der Waals surface area contributed by atoms with Gasteiger partial charge in [0, 0.05) is 16.5 Å². The molecule has 1 heterocycles. The number of carbonyl (C=O) groups is 1. The molecule has 1 aromatic heterocycles. The molecule has 0 unspecified atom stereocenters. The third-order valence-electron chi connectivity index (χ3n) is 3.25. The minimum Gasteiger partial charge on any atom is -0.496 e. The Hall–Kier alpha value is -2.66. The first kappa shape index (κ1) is 14.3. The molecule has 3 rings (SSSR count). The highest BCUT2D eigenvalue weighted by Crippen LogP contribution is 2.31. The molecule has 0 aliphatic heterocycles.